The molecule has 1 atom stereocenters. The van der Waals surface area contributed by atoms with Crippen LogP contribution in [0.15, 0.2) is 48.5 Å². The van der Waals surface area contributed by atoms with E-state index in [1.54, 1.807) is 13.0 Å². The molecule has 158 valence electrons. The SMILES string of the molecule is CCN1CCN(c2nc(-c3ccc(OC(C)OC)c(F)c3)cc3ccccc23)CC1. The molecule has 2 aromatic carbocycles. The highest BCUT2D eigenvalue weighted by Gasteiger charge is 2.20. The number of hydrogen-bond acceptors (Lipinski definition) is 5. The van der Waals surface area contributed by atoms with Gasteiger partial charge in [-0.3, -0.25) is 0 Å². The first kappa shape index (κ1) is 20.6. The summed E-state index contributed by atoms with van der Waals surface area (Å²) in [4.78, 5) is 9.75. The summed E-state index contributed by atoms with van der Waals surface area (Å²) in [7, 11) is 1.53. The summed E-state index contributed by atoms with van der Waals surface area (Å²) in [6.45, 7) is 8.90. The Bertz CT molecular complexity index is 1020. The lowest BCUT2D eigenvalue weighted by molar-refractivity contribution is -0.0403. The third-order valence-corrected chi connectivity index (χ3v) is 5.69. The zero-order valence-electron chi connectivity index (χ0n) is 17.8. The molecule has 0 aliphatic carbocycles. The van der Waals surface area contributed by atoms with Crippen LogP contribution in [0.4, 0.5) is 10.2 Å². The van der Waals surface area contributed by atoms with Crippen LogP contribution in [0.5, 0.6) is 5.75 Å². The Morgan fingerprint density at radius 1 is 1.07 bits per heavy atom. The van der Waals surface area contributed by atoms with Gasteiger partial charge in [-0.2, -0.15) is 0 Å². The third-order valence-electron chi connectivity index (χ3n) is 5.69. The Hall–Kier alpha value is -2.70. The minimum absolute atomic E-state index is 0.171. The summed E-state index contributed by atoms with van der Waals surface area (Å²) in [5, 5.41) is 2.23. The molecule has 0 bridgehead atoms. The summed E-state index contributed by atoms with van der Waals surface area (Å²) >= 11 is 0. The summed E-state index contributed by atoms with van der Waals surface area (Å²) < 4.78 is 25.2. The fourth-order valence-corrected chi connectivity index (χ4v) is 3.83. The molecule has 2 heterocycles. The van der Waals surface area contributed by atoms with Gasteiger partial charge in [0, 0.05) is 44.2 Å². The van der Waals surface area contributed by atoms with Crippen molar-refractivity contribution in [2.45, 2.75) is 20.1 Å². The van der Waals surface area contributed by atoms with Gasteiger partial charge in [0.15, 0.2) is 17.9 Å². The van der Waals surface area contributed by atoms with Crippen LogP contribution in [0.25, 0.3) is 22.0 Å². The molecule has 1 fully saturated rings. The summed E-state index contributed by atoms with van der Waals surface area (Å²) in [6, 6.07) is 15.2. The normalized spacial score (nSPS) is 16.1. The number of fused-ring (bicyclic) bond motifs is 1. The highest BCUT2D eigenvalue weighted by Crippen LogP contribution is 2.32. The number of halogens is 1. The largest absolute Gasteiger partial charge is 0.462 e. The topological polar surface area (TPSA) is 37.8 Å². The maximum Gasteiger partial charge on any atom is 0.196 e. The molecule has 30 heavy (non-hydrogen) atoms. The molecule has 0 amide bonds. The quantitative estimate of drug-likeness (QED) is 0.558. The Balaban J connectivity index is 1.71. The molecule has 0 saturated carbocycles. The van der Waals surface area contributed by atoms with Crippen LogP contribution in [0.2, 0.25) is 0 Å². The fraction of sp³-hybridized carbons (Fsp3) is 0.375. The van der Waals surface area contributed by atoms with E-state index in [9.17, 15) is 4.39 Å². The number of pyridine rings is 1. The lowest BCUT2D eigenvalue weighted by Gasteiger charge is -2.35. The zero-order valence-corrected chi connectivity index (χ0v) is 17.8. The molecular formula is C24H28FN3O2. The Morgan fingerprint density at radius 3 is 2.53 bits per heavy atom. The molecule has 4 rings (SSSR count). The standard InChI is InChI=1S/C24H28FN3O2/c1-4-27-11-13-28(14-12-27)24-20-8-6-5-7-18(20)16-22(26-24)19-9-10-23(21(25)15-19)30-17(2)29-3/h5-10,15-17H,4,11-14H2,1-3H3. The van der Waals surface area contributed by atoms with Gasteiger partial charge in [-0.1, -0.05) is 31.2 Å². The molecule has 0 spiro atoms. The molecule has 1 saturated heterocycles. The molecule has 5 nitrogen and oxygen atoms in total. The number of piperazine rings is 1. The minimum Gasteiger partial charge on any atom is -0.462 e. The van der Waals surface area contributed by atoms with Crippen LogP contribution in [0, 0.1) is 5.82 Å². The van der Waals surface area contributed by atoms with Gasteiger partial charge in [0.1, 0.15) is 5.82 Å². The average molecular weight is 410 g/mol. The molecule has 3 aromatic rings. The smallest absolute Gasteiger partial charge is 0.196 e. The van der Waals surface area contributed by atoms with Crippen molar-refractivity contribution in [2.24, 2.45) is 0 Å². The van der Waals surface area contributed by atoms with Gasteiger partial charge in [-0.05, 0) is 43.1 Å². The maximum atomic E-state index is 14.7. The third kappa shape index (κ3) is 4.25. The Kier molecular flexibility index (Phi) is 6.16. The van der Waals surface area contributed by atoms with Gasteiger partial charge >= 0.3 is 0 Å². The Labute approximate surface area is 177 Å². The van der Waals surface area contributed by atoms with Crippen LogP contribution in [-0.2, 0) is 4.74 Å². The molecule has 1 aromatic heterocycles. The molecule has 1 unspecified atom stereocenters. The van der Waals surface area contributed by atoms with Crippen LogP contribution in [0.1, 0.15) is 13.8 Å². The molecular weight excluding hydrogens is 381 g/mol. The van der Waals surface area contributed by atoms with Crippen LogP contribution in [0.3, 0.4) is 0 Å². The van der Waals surface area contributed by atoms with E-state index in [2.05, 4.69) is 28.9 Å². The lowest BCUT2D eigenvalue weighted by Crippen LogP contribution is -2.46. The van der Waals surface area contributed by atoms with E-state index < -0.39 is 12.1 Å². The average Bonchev–Trinajstić information content (AvgIpc) is 2.79. The van der Waals surface area contributed by atoms with Crippen molar-refractivity contribution in [2.75, 3.05) is 44.7 Å². The monoisotopic (exact) mass is 409 g/mol. The van der Waals surface area contributed by atoms with Crippen molar-refractivity contribution in [3.8, 4) is 17.0 Å². The number of nitrogens with zero attached hydrogens (tertiary/aromatic N) is 3. The molecule has 6 heteroatoms. The summed E-state index contributed by atoms with van der Waals surface area (Å²) in [6.07, 6.45) is -0.516. The van der Waals surface area contributed by atoms with E-state index in [1.807, 2.05) is 24.3 Å². The van der Waals surface area contributed by atoms with Gasteiger partial charge in [0.25, 0.3) is 0 Å². The molecule has 0 N–H and O–H groups in total. The van der Waals surface area contributed by atoms with Gasteiger partial charge in [-0.15, -0.1) is 0 Å². The molecule has 0 radical (unpaired) electrons. The predicted octanol–water partition coefficient (Wildman–Crippen LogP) is 4.55. The number of ether oxygens (including phenoxy) is 2. The first-order valence-electron chi connectivity index (χ1n) is 10.5. The Morgan fingerprint density at radius 2 is 1.83 bits per heavy atom. The maximum absolute atomic E-state index is 14.7. The van der Waals surface area contributed by atoms with E-state index >= 15 is 0 Å². The van der Waals surface area contributed by atoms with E-state index in [4.69, 9.17) is 14.5 Å². The summed E-state index contributed by atoms with van der Waals surface area (Å²) in [5.74, 6) is 0.710. The van der Waals surface area contributed by atoms with Gasteiger partial charge in [-0.25, -0.2) is 9.37 Å². The predicted molar refractivity (Wildman–Crippen MR) is 119 cm³/mol. The van der Waals surface area contributed by atoms with Crippen LogP contribution >= 0.6 is 0 Å². The fourth-order valence-electron chi connectivity index (χ4n) is 3.83. The minimum atomic E-state index is -0.516. The summed E-state index contributed by atoms with van der Waals surface area (Å²) in [5.41, 5.74) is 1.48. The number of benzene rings is 2. The van der Waals surface area contributed by atoms with E-state index in [-0.39, 0.29) is 5.75 Å². The van der Waals surface area contributed by atoms with Crippen molar-refractivity contribution in [3.63, 3.8) is 0 Å². The molecule has 1 aliphatic heterocycles. The van der Waals surface area contributed by atoms with Gasteiger partial charge in [0.2, 0.25) is 0 Å². The van der Waals surface area contributed by atoms with Crippen molar-refractivity contribution >= 4 is 16.6 Å². The second-order valence-electron chi connectivity index (χ2n) is 7.54. The zero-order chi connectivity index (χ0) is 21.1. The highest BCUT2D eigenvalue weighted by atomic mass is 19.1. The second kappa shape index (κ2) is 8.98. The number of anilines is 1. The number of aromatic nitrogens is 1. The van der Waals surface area contributed by atoms with Crippen LogP contribution in [-0.4, -0.2) is 56.0 Å². The number of methoxy groups -OCH3 is 1. The van der Waals surface area contributed by atoms with Crippen molar-refractivity contribution in [1.82, 2.24) is 9.88 Å². The van der Waals surface area contributed by atoms with E-state index in [0.717, 1.165) is 60.6 Å². The lowest BCUT2D eigenvalue weighted by atomic mass is 10.1. The number of likely N-dealkylation sites (N-methyl/N-ethyl adjacent to an activating group) is 1. The first-order valence-corrected chi connectivity index (χ1v) is 10.5. The van der Waals surface area contributed by atoms with Crippen molar-refractivity contribution in [3.05, 3.63) is 54.3 Å². The first-order chi connectivity index (χ1) is 14.6. The van der Waals surface area contributed by atoms with Crippen LogP contribution < -0.4 is 9.64 Å². The van der Waals surface area contributed by atoms with E-state index in [1.165, 1.54) is 13.2 Å². The van der Waals surface area contributed by atoms with Gasteiger partial charge < -0.3 is 19.3 Å². The highest BCUT2D eigenvalue weighted by molar-refractivity contribution is 5.95. The van der Waals surface area contributed by atoms with Crippen molar-refractivity contribution in [1.29, 1.82) is 0 Å². The van der Waals surface area contributed by atoms with Gasteiger partial charge in [0.05, 0.1) is 5.69 Å². The van der Waals surface area contributed by atoms with Crippen molar-refractivity contribution < 1.29 is 13.9 Å². The number of rotatable bonds is 6. The number of hydrogen-bond donors (Lipinski definition) is 0. The second-order valence-corrected chi connectivity index (χ2v) is 7.54. The molecule has 1 aliphatic rings. The van der Waals surface area contributed by atoms with E-state index in [0.29, 0.717) is 0 Å².